The highest BCUT2D eigenvalue weighted by Crippen LogP contribution is 2.43. The Hall–Kier alpha value is -8.09. The molecule has 22 nitrogen and oxygen atoms in total. The third kappa shape index (κ3) is 11.3. The molecule has 0 aliphatic carbocycles. The van der Waals surface area contributed by atoms with Gasteiger partial charge in [-0.2, -0.15) is 0 Å². The Bertz CT molecular complexity index is 3960. The van der Waals surface area contributed by atoms with Gasteiger partial charge in [0.1, 0.15) is 76.7 Å². The highest BCUT2D eigenvalue weighted by atomic mass is 32.1. The lowest BCUT2D eigenvalue weighted by Crippen LogP contribution is -2.50. The number of nitrogens with two attached hydrogens (primary N) is 3. The number of benzene rings is 2. The fourth-order valence-corrected chi connectivity index (χ4v) is 15.1. The molecule has 10 bridgehead atoms. The van der Waals surface area contributed by atoms with Gasteiger partial charge in [0, 0.05) is 68.6 Å². The van der Waals surface area contributed by atoms with Crippen molar-refractivity contribution < 1.29 is 44.1 Å². The van der Waals surface area contributed by atoms with Gasteiger partial charge in [-0.05, 0) is 42.3 Å². The number of amides is 5. The minimum Gasteiger partial charge on any atom is -0.506 e. The van der Waals surface area contributed by atoms with Crippen LogP contribution in [0.4, 0.5) is 5.69 Å². The lowest BCUT2D eigenvalue weighted by Gasteiger charge is -2.29. The first-order valence-corrected chi connectivity index (χ1v) is 30.4. The van der Waals surface area contributed by atoms with Crippen molar-refractivity contribution in [3.63, 3.8) is 0 Å². The van der Waals surface area contributed by atoms with Crippen molar-refractivity contribution in [1.82, 2.24) is 50.4 Å². The van der Waals surface area contributed by atoms with Crippen LogP contribution in [0.25, 0.3) is 43.4 Å². The SMILES string of the molecule is Cc1sc2nc1C(=O)C[C@@H]([C@H](O)c1ccccc1)c1nc(cs1)C(=O)N[C@@H](Cc1ccc(O)c(N)c1)C(=O)N1C[C@H](O)[C@H](C)[C@H]1c1nc(cs1)-c1nc(cs1)-c1nc(-c3nc(C(N)=O)cs3)ccc1-c1nc(cs1)C(=O)N[C@H]2CC(N)=O. The van der Waals surface area contributed by atoms with E-state index < -0.39 is 77.5 Å². The van der Waals surface area contributed by atoms with Crippen LogP contribution in [0.2, 0.25) is 0 Å². The molecule has 0 radical (unpaired) electrons. The number of carbonyl (C=O) groups is 6. The number of nitrogens with zero attached hydrogens (tertiary/aromatic N) is 8. The Morgan fingerprint density at radius 2 is 1.38 bits per heavy atom. The molecule has 9 heterocycles. The van der Waals surface area contributed by atoms with E-state index in [4.69, 9.17) is 37.1 Å². The van der Waals surface area contributed by atoms with Crippen molar-refractivity contribution >= 4 is 109 Å². The number of aliphatic hydroxyl groups excluding tert-OH is 2. The first-order chi connectivity index (χ1) is 39.4. The van der Waals surface area contributed by atoms with Crippen LogP contribution in [0.3, 0.4) is 0 Å². The molecule has 9 aromatic rings. The van der Waals surface area contributed by atoms with E-state index in [2.05, 4.69) is 25.6 Å². The van der Waals surface area contributed by atoms with Crippen LogP contribution in [0.1, 0.15) is 117 Å². The number of rotatable bonds is 8. The van der Waals surface area contributed by atoms with Crippen molar-refractivity contribution in [1.29, 1.82) is 0 Å². The maximum Gasteiger partial charge on any atom is 0.271 e. The molecule has 0 saturated carbocycles. The molecule has 1 fully saturated rings. The lowest BCUT2D eigenvalue weighted by atomic mass is 9.90. The molecule has 5 amide bonds. The predicted octanol–water partition coefficient (Wildman–Crippen LogP) is 6.86. The number of thiazole rings is 6. The Labute approximate surface area is 489 Å². The van der Waals surface area contributed by atoms with Crippen LogP contribution < -0.4 is 27.8 Å². The highest BCUT2D eigenvalue weighted by molar-refractivity contribution is 7.15. The summed E-state index contributed by atoms with van der Waals surface area (Å²) in [4.78, 5) is 118. The first kappa shape index (κ1) is 55.8. The number of aromatic nitrogens is 7. The third-order valence-corrected chi connectivity index (χ3v) is 19.5. The molecule has 7 atom stereocenters. The number of anilines is 1. The average molecular weight is 1210 g/mol. The van der Waals surface area contributed by atoms with Gasteiger partial charge in [0.2, 0.25) is 11.8 Å². The zero-order valence-electron chi connectivity index (χ0n) is 43.1. The summed E-state index contributed by atoms with van der Waals surface area (Å²) in [5.41, 5.74) is 20.5. The molecule has 28 heteroatoms. The number of ketones is 1. The van der Waals surface area contributed by atoms with Crippen molar-refractivity contribution in [3.05, 3.63) is 141 Å². The van der Waals surface area contributed by atoms with Gasteiger partial charge in [-0.25, -0.2) is 34.9 Å². The number of phenols is 1. The van der Waals surface area contributed by atoms with Crippen LogP contribution >= 0.6 is 68.0 Å². The third-order valence-electron chi connectivity index (χ3n) is 13.9. The number of aromatic hydroxyl groups is 1. The molecule has 2 aromatic carbocycles. The second-order valence-corrected chi connectivity index (χ2v) is 25.0. The van der Waals surface area contributed by atoms with Gasteiger partial charge in [-0.3, -0.25) is 28.8 Å². The van der Waals surface area contributed by atoms with Gasteiger partial charge in [-0.15, -0.1) is 68.0 Å². The van der Waals surface area contributed by atoms with E-state index in [0.29, 0.717) is 64.4 Å². The Kier molecular flexibility index (Phi) is 15.7. The number of nitrogens with one attached hydrogen (secondary N) is 2. The predicted molar refractivity (Wildman–Crippen MR) is 310 cm³/mol. The highest BCUT2D eigenvalue weighted by Gasteiger charge is 2.45. The average Bonchev–Trinajstić information content (AvgIpc) is 4.50. The number of Topliss-reactive ketones (excluding diaryl/α,β-unsaturated/α-hetero) is 1. The summed E-state index contributed by atoms with van der Waals surface area (Å²) in [7, 11) is 0. The molecule has 0 spiro atoms. The van der Waals surface area contributed by atoms with E-state index in [-0.39, 0.29) is 70.0 Å². The number of carbonyl (C=O) groups excluding carboxylic acids is 6. The molecule has 1 saturated heterocycles. The minimum atomic E-state index is -1.31. The van der Waals surface area contributed by atoms with Crippen molar-refractivity contribution in [2.45, 2.75) is 69.4 Å². The number of primary amides is 2. The number of aryl methyl sites for hydroxylation is 1. The van der Waals surface area contributed by atoms with E-state index in [1.807, 2.05) is 6.92 Å². The van der Waals surface area contributed by atoms with E-state index in [0.717, 1.165) is 34.0 Å². The number of pyridine rings is 1. The molecule has 11 rings (SSSR count). The summed E-state index contributed by atoms with van der Waals surface area (Å²) in [5, 5.41) is 49.8. The van der Waals surface area contributed by atoms with Crippen molar-refractivity contribution in [2.75, 3.05) is 12.3 Å². The topological polar surface area (TPSA) is 359 Å². The van der Waals surface area contributed by atoms with Crippen LogP contribution in [0.15, 0.2) is 87.6 Å². The van der Waals surface area contributed by atoms with E-state index in [1.54, 1.807) is 71.6 Å². The maximum atomic E-state index is 15.2. The normalized spacial score (nSPS) is 20.0. The molecule has 418 valence electrons. The first-order valence-electron chi connectivity index (χ1n) is 25.2. The number of nitrogen functional groups attached to an aromatic ring is 1. The van der Waals surface area contributed by atoms with Crippen LogP contribution in [0, 0.1) is 12.8 Å². The molecular formula is C54H47N13O9S6. The fraction of sp³-hybridized carbons (Fsp3) is 0.241. The smallest absolute Gasteiger partial charge is 0.271 e. The minimum absolute atomic E-state index is 0.0116. The Morgan fingerprint density at radius 1 is 0.720 bits per heavy atom. The van der Waals surface area contributed by atoms with Crippen molar-refractivity contribution in [2.24, 2.45) is 17.4 Å². The summed E-state index contributed by atoms with van der Waals surface area (Å²) in [6, 6.07) is 13.4. The summed E-state index contributed by atoms with van der Waals surface area (Å²) in [5.74, 6) is -5.67. The second-order valence-electron chi connectivity index (χ2n) is 19.4. The summed E-state index contributed by atoms with van der Waals surface area (Å²) in [6.45, 7) is 3.37. The van der Waals surface area contributed by atoms with Crippen molar-refractivity contribution in [3.8, 4) is 49.1 Å². The number of phenolic OH excluding ortho intramolecular Hbond substituents is 1. The van der Waals surface area contributed by atoms with Crippen LogP contribution in [-0.2, 0) is 16.0 Å². The molecule has 2 aliphatic heterocycles. The van der Waals surface area contributed by atoms with Gasteiger partial charge >= 0.3 is 0 Å². The number of aliphatic hydroxyl groups is 2. The summed E-state index contributed by atoms with van der Waals surface area (Å²) >= 11 is 6.96. The monoisotopic (exact) mass is 1210 g/mol. The molecule has 0 unspecified atom stereocenters. The number of hydrogen-bond acceptors (Lipinski definition) is 23. The zero-order chi connectivity index (χ0) is 57.7. The van der Waals surface area contributed by atoms with Gasteiger partial charge in [0.05, 0.1) is 47.1 Å². The standard InChI is InChI=1S/C54H47N13O9S6/c1-22-39(70)16-67-43(22)53-65-36(21-81-53)51-61-32(17-79-51)42-26(9-10-29(58-42)50-62-33(18-80-50)45(57)73)48-63-34(19-77-48)46(74)59-30(15-40(56)71)52-66-41(23(2)82-52)38(69)14-27(44(72)25-6-4-3-5-7-25)49-64-35(20-78-49)47(75)60-31(54(67)76)13-24-8-11-37(68)28(55)12-24/h3-12,17-22,27,30-31,39,43-44,68,70,72H,13-16,55H2,1-2H3,(H2,56,71)(H2,57,73)(H,59,74)(H,60,75)/t22-,27-,30-,31-,39-,43-,44+/m0/s1. The van der Waals surface area contributed by atoms with Crippen LogP contribution in [-0.4, -0.2) is 109 Å². The maximum absolute atomic E-state index is 15.2. The lowest BCUT2D eigenvalue weighted by molar-refractivity contribution is -0.134. The molecule has 2 aliphatic rings. The summed E-state index contributed by atoms with van der Waals surface area (Å²) in [6.07, 6.45) is -3.12. The molecule has 82 heavy (non-hydrogen) atoms. The van der Waals surface area contributed by atoms with Crippen LogP contribution in [0.5, 0.6) is 5.75 Å². The van der Waals surface area contributed by atoms with Gasteiger partial charge in [-0.1, -0.05) is 43.3 Å². The van der Waals surface area contributed by atoms with E-state index >= 15 is 4.79 Å². The summed E-state index contributed by atoms with van der Waals surface area (Å²) < 4.78 is 0. The van der Waals surface area contributed by atoms with E-state index in [1.165, 1.54) is 61.8 Å². The van der Waals surface area contributed by atoms with Gasteiger partial charge in [0.15, 0.2) is 5.78 Å². The Morgan fingerprint density at radius 3 is 2.12 bits per heavy atom. The fourth-order valence-electron chi connectivity index (χ4n) is 9.67. The quantitative estimate of drug-likeness (QED) is 0.0569. The number of fused-ring (bicyclic) bond motifs is 16. The van der Waals surface area contributed by atoms with Gasteiger partial charge < -0.3 is 48.1 Å². The number of hydrogen-bond donors (Lipinski definition) is 8. The molecular weight excluding hydrogens is 1170 g/mol. The Balaban J connectivity index is 1.02. The van der Waals surface area contributed by atoms with Gasteiger partial charge in [0.25, 0.3) is 17.7 Å². The van der Waals surface area contributed by atoms with E-state index in [9.17, 15) is 39.3 Å². The molecule has 11 N–H and O–H groups in total. The zero-order valence-corrected chi connectivity index (χ0v) is 48.0. The largest absolute Gasteiger partial charge is 0.506 e. The second kappa shape index (κ2) is 23.0. The molecule has 7 aromatic heterocycles.